The first-order valence-corrected chi connectivity index (χ1v) is 4.34. The fourth-order valence-electron chi connectivity index (χ4n) is 0.615. The molecule has 0 saturated heterocycles. The van der Waals surface area contributed by atoms with Gasteiger partial charge in [0.05, 0.1) is 0 Å². The van der Waals surface area contributed by atoms with Crippen LogP contribution in [-0.4, -0.2) is 23.7 Å². The Labute approximate surface area is 82.8 Å². The van der Waals surface area contributed by atoms with E-state index in [1.165, 1.54) is 13.8 Å². The van der Waals surface area contributed by atoms with E-state index in [2.05, 4.69) is 10.1 Å². The van der Waals surface area contributed by atoms with Crippen LogP contribution in [0.1, 0.15) is 34.6 Å². The van der Waals surface area contributed by atoms with Gasteiger partial charge in [0.2, 0.25) is 0 Å². The summed E-state index contributed by atoms with van der Waals surface area (Å²) in [5, 5.41) is 2.44. The normalized spacial score (nSPS) is 12.9. The maximum Gasteiger partial charge on any atom is 0.408 e. The van der Waals surface area contributed by atoms with Crippen LogP contribution in [0, 0.1) is 0 Å². The molecule has 0 aliphatic heterocycles. The number of carbonyl (C=O) groups is 1. The van der Waals surface area contributed by atoms with Gasteiger partial charge in [-0.25, -0.2) is 13.6 Å². The maximum atomic E-state index is 12.3. The Bertz CT molecular complexity index is 209. The van der Waals surface area contributed by atoms with Crippen molar-refractivity contribution in [1.82, 2.24) is 5.32 Å². The van der Waals surface area contributed by atoms with Crippen molar-refractivity contribution in [2.75, 3.05) is 0 Å². The van der Waals surface area contributed by atoms with Gasteiger partial charge < -0.3 is 10.1 Å². The first-order valence-electron chi connectivity index (χ1n) is 4.34. The lowest BCUT2D eigenvalue weighted by atomic mass is 10.1. The van der Waals surface area contributed by atoms with E-state index in [-0.39, 0.29) is 0 Å². The molecular formula is C9H17F2NO2. The summed E-state index contributed by atoms with van der Waals surface area (Å²) in [5.41, 5.74) is -2.25. The van der Waals surface area contributed by atoms with Crippen molar-refractivity contribution in [2.45, 2.75) is 52.2 Å². The molecule has 0 aliphatic rings. The molecule has 0 heterocycles. The third-order valence-electron chi connectivity index (χ3n) is 1.36. The van der Waals surface area contributed by atoms with Crippen LogP contribution in [0.25, 0.3) is 0 Å². The summed E-state index contributed by atoms with van der Waals surface area (Å²) in [6.45, 7) is 7.55. The minimum Gasteiger partial charge on any atom is -0.437 e. The Morgan fingerprint density at radius 1 is 1.21 bits per heavy atom. The van der Waals surface area contributed by atoms with Crippen molar-refractivity contribution in [3.8, 4) is 0 Å². The van der Waals surface area contributed by atoms with E-state index in [1.54, 1.807) is 20.8 Å². The molecule has 0 spiro atoms. The van der Waals surface area contributed by atoms with Gasteiger partial charge in [0.1, 0.15) is 0 Å². The third-order valence-corrected chi connectivity index (χ3v) is 1.36. The van der Waals surface area contributed by atoms with Crippen molar-refractivity contribution < 1.29 is 18.3 Å². The number of rotatable bonds is 2. The molecule has 0 bridgehead atoms. The molecule has 3 nitrogen and oxygen atoms in total. The minimum absolute atomic E-state index is 0.491. The zero-order valence-corrected chi connectivity index (χ0v) is 9.15. The van der Waals surface area contributed by atoms with Gasteiger partial charge >= 0.3 is 6.09 Å². The predicted octanol–water partition coefficient (Wildman–Crippen LogP) is 2.55. The lowest BCUT2D eigenvalue weighted by Crippen LogP contribution is -2.46. The number of alkyl carbamates (subject to hydrolysis) is 1. The summed E-state index contributed by atoms with van der Waals surface area (Å²) >= 11 is 0. The van der Waals surface area contributed by atoms with Crippen molar-refractivity contribution in [3.05, 3.63) is 0 Å². The van der Waals surface area contributed by atoms with Gasteiger partial charge in [0.15, 0.2) is 5.60 Å². The number of amides is 1. The first kappa shape index (κ1) is 13.1. The van der Waals surface area contributed by atoms with Crippen LogP contribution < -0.4 is 5.32 Å². The molecule has 0 fully saturated rings. The third kappa shape index (κ3) is 4.99. The fraction of sp³-hybridized carbons (Fsp3) is 0.889. The van der Waals surface area contributed by atoms with E-state index in [0.29, 0.717) is 0 Å². The maximum absolute atomic E-state index is 12.3. The monoisotopic (exact) mass is 209 g/mol. The van der Waals surface area contributed by atoms with Crippen molar-refractivity contribution in [3.63, 3.8) is 0 Å². The van der Waals surface area contributed by atoms with Crippen LogP contribution in [0.3, 0.4) is 0 Å². The number of hydrogen-bond donors (Lipinski definition) is 1. The molecule has 0 unspecified atom stereocenters. The highest BCUT2D eigenvalue weighted by Gasteiger charge is 2.34. The Balaban J connectivity index is 4.20. The highest BCUT2D eigenvalue weighted by Crippen LogP contribution is 2.19. The van der Waals surface area contributed by atoms with Gasteiger partial charge in [-0.1, -0.05) is 0 Å². The standard InChI is InChI=1S/C9H17F2NO2/c1-8(2,3)12-7(13)14-9(4,5)6(10)11/h6H,1-5H3,(H,12,13). The zero-order chi connectivity index (χ0) is 11.6. The molecule has 14 heavy (non-hydrogen) atoms. The van der Waals surface area contributed by atoms with E-state index in [1.807, 2.05) is 0 Å². The van der Waals surface area contributed by atoms with Crippen LogP contribution in [0.5, 0.6) is 0 Å². The van der Waals surface area contributed by atoms with E-state index < -0.39 is 23.7 Å². The van der Waals surface area contributed by atoms with E-state index in [9.17, 15) is 13.6 Å². The summed E-state index contributed by atoms with van der Waals surface area (Å²) in [6, 6.07) is 0. The SMILES string of the molecule is CC(C)(C)NC(=O)OC(C)(C)C(F)F. The van der Waals surface area contributed by atoms with Crippen molar-refractivity contribution in [1.29, 1.82) is 0 Å². The molecule has 0 aromatic carbocycles. The van der Waals surface area contributed by atoms with Crippen LogP contribution >= 0.6 is 0 Å². The summed E-state index contributed by atoms with van der Waals surface area (Å²) < 4.78 is 29.2. The lowest BCUT2D eigenvalue weighted by Gasteiger charge is -2.27. The number of ether oxygens (including phenoxy) is 1. The number of carbonyl (C=O) groups excluding carboxylic acids is 1. The smallest absolute Gasteiger partial charge is 0.408 e. The molecule has 0 aliphatic carbocycles. The Morgan fingerprint density at radius 2 is 1.64 bits per heavy atom. The molecule has 0 radical (unpaired) electrons. The van der Waals surface area contributed by atoms with Gasteiger partial charge in [-0.3, -0.25) is 0 Å². The average Bonchev–Trinajstić information content (AvgIpc) is 1.79. The number of nitrogens with one attached hydrogen (secondary N) is 1. The quantitative estimate of drug-likeness (QED) is 0.759. The average molecular weight is 209 g/mol. The molecule has 0 aromatic heterocycles. The Hall–Kier alpha value is -0.870. The molecular weight excluding hydrogens is 192 g/mol. The second-order valence-corrected chi connectivity index (χ2v) is 4.67. The van der Waals surface area contributed by atoms with E-state index in [0.717, 1.165) is 0 Å². The molecule has 1 amide bonds. The molecule has 0 atom stereocenters. The Kier molecular flexibility index (Phi) is 3.85. The van der Waals surface area contributed by atoms with Crippen molar-refractivity contribution in [2.24, 2.45) is 0 Å². The molecule has 1 N–H and O–H groups in total. The summed E-state index contributed by atoms with van der Waals surface area (Å²) in [4.78, 5) is 11.1. The van der Waals surface area contributed by atoms with Crippen LogP contribution in [-0.2, 0) is 4.74 Å². The summed E-state index contributed by atoms with van der Waals surface area (Å²) in [7, 11) is 0. The van der Waals surface area contributed by atoms with E-state index in [4.69, 9.17) is 0 Å². The van der Waals surface area contributed by atoms with Gasteiger partial charge in [0, 0.05) is 5.54 Å². The van der Waals surface area contributed by atoms with Gasteiger partial charge in [-0.2, -0.15) is 0 Å². The summed E-state index contributed by atoms with van der Waals surface area (Å²) in [6.07, 6.45) is -3.53. The Morgan fingerprint density at radius 3 is 1.93 bits per heavy atom. The van der Waals surface area contributed by atoms with Crippen LogP contribution in [0.2, 0.25) is 0 Å². The molecule has 5 heteroatoms. The summed E-state index contributed by atoms with van der Waals surface area (Å²) in [5.74, 6) is 0. The largest absolute Gasteiger partial charge is 0.437 e. The van der Waals surface area contributed by atoms with Crippen molar-refractivity contribution >= 4 is 6.09 Å². The highest BCUT2D eigenvalue weighted by atomic mass is 19.3. The molecule has 84 valence electrons. The van der Waals surface area contributed by atoms with Gasteiger partial charge in [0.25, 0.3) is 6.43 Å². The number of alkyl halides is 2. The predicted molar refractivity (Wildman–Crippen MR) is 49.5 cm³/mol. The highest BCUT2D eigenvalue weighted by molar-refractivity contribution is 5.68. The van der Waals surface area contributed by atoms with Gasteiger partial charge in [-0.05, 0) is 34.6 Å². The first-order chi connectivity index (χ1) is 6.04. The molecule has 0 saturated carbocycles. The molecule has 0 rings (SSSR count). The second-order valence-electron chi connectivity index (χ2n) is 4.67. The topological polar surface area (TPSA) is 38.3 Å². The molecule has 0 aromatic rings. The van der Waals surface area contributed by atoms with E-state index >= 15 is 0 Å². The second kappa shape index (κ2) is 4.11. The fourth-order valence-corrected chi connectivity index (χ4v) is 0.615. The van der Waals surface area contributed by atoms with Crippen LogP contribution in [0.15, 0.2) is 0 Å². The van der Waals surface area contributed by atoms with Crippen LogP contribution in [0.4, 0.5) is 13.6 Å². The minimum atomic E-state index is -2.70. The van der Waals surface area contributed by atoms with Gasteiger partial charge in [-0.15, -0.1) is 0 Å². The zero-order valence-electron chi connectivity index (χ0n) is 9.15. The number of halogens is 2. The lowest BCUT2D eigenvalue weighted by molar-refractivity contribution is -0.0783. The number of hydrogen-bond acceptors (Lipinski definition) is 2.